The van der Waals surface area contributed by atoms with E-state index in [0.29, 0.717) is 5.82 Å². The van der Waals surface area contributed by atoms with Gasteiger partial charge < -0.3 is 0 Å². The Labute approximate surface area is 117 Å². The molecule has 1 heterocycles. The molecule has 0 spiro atoms. The fourth-order valence-corrected chi connectivity index (χ4v) is 2.03. The van der Waals surface area contributed by atoms with Gasteiger partial charge in [0.1, 0.15) is 0 Å². The van der Waals surface area contributed by atoms with E-state index in [-0.39, 0.29) is 0 Å². The zero-order valence-electron chi connectivity index (χ0n) is 11.1. The lowest BCUT2D eigenvalue weighted by Crippen LogP contribution is -1.96. The van der Waals surface area contributed by atoms with Gasteiger partial charge in [0.25, 0.3) is 0 Å². The van der Waals surface area contributed by atoms with Crippen molar-refractivity contribution in [3.05, 3.63) is 65.9 Å². The Balaban J connectivity index is 1.84. The maximum atomic E-state index is 4.23. The van der Waals surface area contributed by atoms with Crippen LogP contribution in [0.2, 0.25) is 0 Å². The molecule has 0 saturated carbocycles. The lowest BCUT2D eigenvalue weighted by Gasteiger charge is -2.02. The largest absolute Gasteiger partial charge is 0.259 e. The Hall–Kier alpha value is -2.75. The van der Waals surface area contributed by atoms with E-state index in [2.05, 4.69) is 39.8 Å². The summed E-state index contributed by atoms with van der Waals surface area (Å²) >= 11 is 0. The summed E-state index contributed by atoms with van der Waals surface area (Å²) in [6.45, 7) is 2.06. The first kappa shape index (κ1) is 12.3. The smallest absolute Gasteiger partial charge is 0.176 e. The van der Waals surface area contributed by atoms with Crippen molar-refractivity contribution in [2.75, 3.05) is 5.43 Å². The number of hydrogen-bond acceptors (Lipinski definition) is 4. The Kier molecular flexibility index (Phi) is 3.37. The number of aryl methyl sites for hydroxylation is 1. The highest BCUT2D eigenvalue weighted by atomic mass is 15.3. The molecule has 1 aromatic heterocycles. The van der Waals surface area contributed by atoms with Gasteiger partial charge in [-0.15, -0.1) is 5.10 Å². The highest BCUT2D eigenvalue weighted by Crippen LogP contribution is 2.18. The summed E-state index contributed by atoms with van der Waals surface area (Å²) in [5.74, 6) is 0.659. The van der Waals surface area contributed by atoms with Crippen LogP contribution in [-0.2, 0) is 0 Å². The van der Waals surface area contributed by atoms with E-state index in [4.69, 9.17) is 0 Å². The number of benzene rings is 2. The average molecular weight is 262 g/mol. The molecule has 0 saturated heterocycles. The molecular formula is C16H14N4. The first-order valence-electron chi connectivity index (χ1n) is 6.39. The molecule has 4 heteroatoms. The van der Waals surface area contributed by atoms with Gasteiger partial charge in [0, 0.05) is 10.8 Å². The minimum absolute atomic E-state index is 0.659. The summed E-state index contributed by atoms with van der Waals surface area (Å²) in [6.07, 6.45) is 3.52. The Morgan fingerprint density at radius 2 is 2.00 bits per heavy atom. The molecule has 0 aliphatic carbocycles. The highest BCUT2D eigenvalue weighted by molar-refractivity contribution is 5.91. The van der Waals surface area contributed by atoms with Gasteiger partial charge >= 0.3 is 0 Å². The first-order valence-corrected chi connectivity index (χ1v) is 6.39. The monoisotopic (exact) mass is 262 g/mol. The van der Waals surface area contributed by atoms with E-state index >= 15 is 0 Å². The van der Waals surface area contributed by atoms with E-state index < -0.39 is 0 Å². The molecule has 0 aliphatic rings. The van der Waals surface area contributed by atoms with Crippen molar-refractivity contribution in [3.8, 4) is 0 Å². The Morgan fingerprint density at radius 1 is 1.10 bits per heavy atom. The van der Waals surface area contributed by atoms with E-state index in [1.165, 1.54) is 5.56 Å². The molecule has 20 heavy (non-hydrogen) atoms. The molecule has 3 rings (SSSR count). The van der Waals surface area contributed by atoms with E-state index in [0.717, 1.165) is 16.3 Å². The minimum atomic E-state index is 0.659. The zero-order chi connectivity index (χ0) is 13.8. The summed E-state index contributed by atoms with van der Waals surface area (Å²) < 4.78 is 0. The van der Waals surface area contributed by atoms with Crippen molar-refractivity contribution in [1.82, 2.24) is 10.2 Å². The molecule has 0 atom stereocenters. The van der Waals surface area contributed by atoms with Crippen LogP contribution in [0.15, 0.2) is 59.8 Å². The third-order valence-electron chi connectivity index (χ3n) is 3.00. The van der Waals surface area contributed by atoms with Crippen molar-refractivity contribution in [1.29, 1.82) is 0 Å². The molecular weight excluding hydrogens is 248 g/mol. The van der Waals surface area contributed by atoms with Crippen molar-refractivity contribution >= 4 is 22.8 Å². The van der Waals surface area contributed by atoms with Gasteiger partial charge in [-0.05, 0) is 12.5 Å². The molecule has 0 amide bonds. The fraction of sp³-hybridized carbons (Fsp3) is 0.0625. The van der Waals surface area contributed by atoms with Crippen LogP contribution in [-0.4, -0.2) is 16.4 Å². The van der Waals surface area contributed by atoms with Crippen LogP contribution in [0.1, 0.15) is 11.1 Å². The standard InChI is InChI=1S/C16H14N4/c1-12-5-4-6-13(9-12)10-17-19-16-15-8-3-2-7-14(15)11-18-20-16/h2-11H,1H3,(H,19,20). The summed E-state index contributed by atoms with van der Waals surface area (Å²) in [7, 11) is 0. The van der Waals surface area contributed by atoms with Crippen LogP contribution in [0, 0.1) is 6.92 Å². The van der Waals surface area contributed by atoms with Crippen LogP contribution in [0.3, 0.4) is 0 Å². The van der Waals surface area contributed by atoms with Crippen LogP contribution >= 0.6 is 0 Å². The molecule has 0 bridgehead atoms. The molecule has 3 aromatic rings. The summed E-state index contributed by atoms with van der Waals surface area (Å²) in [6, 6.07) is 16.1. The third-order valence-corrected chi connectivity index (χ3v) is 3.00. The number of rotatable bonds is 3. The predicted molar refractivity (Wildman–Crippen MR) is 81.9 cm³/mol. The molecule has 0 unspecified atom stereocenters. The third kappa shape index (κ3) is 2.64. The molecule has 0 fully saturated rings. The molecule has 4 nitrogen and oxygen atoms in total. The van der Waals surface area contributed by atoms with E-state index in [1.807, 2.05) is 36.4 Å². The fourth-order valence-electron chi connectivity index (χ4n) is 2.03. The zero-order valence-corrected chi connectivity index (χ0v) is 11.1. The lowest BCUT2D eigenvalue weighted by atomic mass is 10.2. The number of aromatic nitrogens is 2. The molecule has 0 radical (unpaired) electrons. The Morgan fingerprint density at radius 3 is 2.90 bits per heavy atom. The number of nitrogens with zero attached hydrogens (tertiary/aromatic N) is 3. The van der Waals surface area contributed by atoms with Gasteiger partial charge in [0.05, 0.1) is 12.4 Å². The van der Waals surface area contributed by atoms with Gasteiger partial charge in [0.2, 0.25) is 0 Å². The second-order valence-corrected chi connectivity index (χ2v) is 4.56. The SMILES string of the molecule is Cc1cccc(C=NNc2nncc3ccccc23)c1. The minimum Gasteiger partial charge on any atom is -0.259 e. The first-order chi connectivity index (χ1) is 9.83. The Bertz CT molecular complexity index is 760. The van der Waals surface area contributed by atoms with E-state index in [9.17, 15) is 0 Å². The second-order valence-electron chi connectivity index (χ2n) is 4.56. The second kappa shape index (κ2) is 5.48. The number of fused-ring (bicyclic) bond motifs is 1. The van der Waals surface area contributed by atoms with Gasteiger partial charge in [-0.3, -0.25) is 5.43 Å². The topological polar surface area (TPSA) is 50.2 Å². The van der Waals surface area contributed by atoms with Gasteiger partial charge in [-0.2, -0.15) is 10.2 Å². The summed E-state index contributed by atoms with van der Waals surface area (Å²) in [4.78, 5) is 0. The van der Waals surface area contributed by atoms with Crippen LogP contribution in [0.25, 0.3) is 10.8 Å². The van der Waals surface area contributed by atoms with Crippen molar-refractivity contribution in [2.45, 2.75) is 6.92 Å². The maximum Gasteiger partial charge on any atom is 0.176 e. The maximum absolute atomic E-state index is 4.23. The molecule has 2 aromatic carbocycles. The number of nitrogens with one attached hydrogen (secondary N) is 1. The predicted octanol–water partition coefficient (Wildman–Crippen LogP) is 3.38. The average Bonchev–Trinajstić information content (AvgIpc) is 2.48. The van der Waals surface area contributed by atoms with Crippen molar-refractivity contribution in [2.24, 2.45) is 5.10 Å². The normalized spacial score (nSPS) is 11.1. The van der Waals surface area contributed by atoms with Gasteiger partial charge in [-0.25, -0.2) is 0 Å². The van der Waals surface area contributed by atoms with Crippen LogP contribution < -0.4 is 5.43 Å². The summed E-state index contributed by atoms with van der Waals surface area (Å²) in [5, 5.41) is 14.3. The van der Waals surface area contributed by atoms with Gasteiger partial charge in [0.15, 0.2) is 5.82 Å². The molecule has 98 valence electrons. The molecule has 1 N–H and O–H groups in total. The number of hydrazone groups is 1. The lowest BCUT2D eigenvalue weighted by molar-refractivity contribution is 1.04. The van der Waals surface area contributed by atoms with Crippen LogP contribution in [0.4, 0.5) is 5.82 Å². The number of hydrogen-bond donors (Lipinski definition) is 1. The van der Waals surface area contributed by atoms with Crippen molar-refractivity contribution < 1.29 is 0 Å². The highest BCUT2D eigenvalue weighted by Gasteiger charge is 2.00. The van der Waals surface area contributed by atoms with Gasteiger partial charge in [-0.1, -0.05) is 54.1 Å². The molecule has 0 aliphatic heterocycles. The number of anilines is 1. The van der Waals surface area contributed by atoms with E-state index in [1.54, 1.807) is 12.4 Å². The summed E-state index contributed by atoms with van der Waals surface area (Å²) in [5.41, 5.74) is 5.21. The quantitative estimate of drug-likeness (QED) is 0.581. The van der Waals surface area contributed by atoms with Crippen molar-refractivity contribution in [3.63, 3.8) is 0 Å². The van der Waals surface area contributed by atoms with Crippen LogP contribution in [0.5, 0.6) is 0 Å².